The molecule has 1 fully saturated rings. The van der Waals surface area contributed by atoms with Gasteiger partial charge in [0.2, 0.25) is 11.8 Å². The zero-order chi connectivity index (χ0) is 20.6. The molecule has 0 radical (unpaired) electrons. The average molecular weight is 415 g/mol. The molecule has 1 saturated heterocycles. The van der Waals surface area contributed by atoms with Crippen LogP contribution in [0.4, 0.5) is 5.69 Å². The van der Waals surface area contributed by atoms with Crippen molar-refractivity contribution in [3.05, 3.63) is 65.2 Å². The van der Waals surface area contributed by atoms with Crippen molar-refractivity contribution in [3.63, 3.8) is 0 Å². The maximum atomic E-state index is 12.6. The highest BCUT2D eigenvalue weighted by molar-refractivity contribution is 6.33. The quantitative estimate of drug-likeness (QED) is 0.731. The van der Waals surface area contributed by atoms with Crippen molar-refractivity contribution in [2.45, 2.75) is 19.5 Å². The number of hydrogen-bond acceptors (Lipinski definition) is 4. The molecule has 2 N–H and O–H groups in total. The summed E-state index contributed by atoms with van der Waals surface area (Å²) in [5.41, 5.74) is 1.71. The highest BCUT2D eigenvalue weighted by Crippen LogP contribution is 2.21. The standard InChI is InChI=1S/C22H27ClN4O2/c1-17(22(29)25-20-10-6-5-9-19(20)23)27-13-11-26(12-14-27)16-21(28)24-15-18-7-3-2-4-8-18/h2-10,17H,11-16H2,1H3,(H,24,28)(H,25,29). The third kappa shape index (κ3) is 6.29. The van der Waals surface area contributed by atoms with E-state index in [0.29, 0.717) is 23.8 Å². The lowest BCUT2D eigenvalue weighted by Crippen LogP contribution is -2.54. The van der Waals surface area contributed by atoms with E-state index in [1.165, 1.54) is 0 Å². The molecule has 1 atom stereocenters. The van der Waals surface area contributed by atoms with E-state index in [1.54, 1.807) is 12.1 Å². The number of benzene rings is 2. The molecular formula is C22H27ClN4O2. The number of carbonyl (C=O) groups excluding carboxylic acids is 2. The summed E-state index contributed by atoms with van der Waals surface area (Å²) in [7, 11) is 0. The number of nitrogens with zero attached hydrogens (tertiary/aromatic N) is 2. The fourth-order valence-corrected chi connectivity index (χ4v) is 3.51. The van der Waals surface area contributed by atoms with E-state index in [1.807, 2.05) is 49.4 Å². The predicted octanol–water partition coefficient (Wildman–Crippen LogP) is 2.60. The number of hydrogen-bond donors (Lipinski definition) is 2. The molecule has 1 heterocycles. The van der Waals surface area contributed by atoms with Gasteiger partial charge in [0.05, 0.1) is 23.3 Å². The molecule has 2 aromatic rings. The molecule has 3 rings (SSSR count). The third-order valence-corrected chi connectivity index (χ3v) is 5.50. The molecule has 1 unspecified atom stereocenters. The van der Waals surface area contributed by atoms with Crippen LogP contribution in [0.15, 0.2) is 54.6 Å². The largest absolute Gasteiger partial charge is 0.351 e. The molecule has 29 heavy (non-hydrogen) atoms. The molecule has 0 saturated carbocycles. The van der Waals surface area contributed by atoms with Crippen molar-refractivity contribution in [1.82, 2.24) is 15.1 Å². The van der Waals surface area contributed by atoms with Gasteiger partial charge in [-0.3, -0.25) is 19.4 Å². The number of carbonyl (C=O) groups is 2. The summed E-state index contributed by atoms with van der Waals surface area (Å²) in [5.74, 6) is -0.0565. The zero-order valence-electron chi connectivity index (χ0n) is 16.6. The van der Waals surface area contributed by atoms with Gasteiger partial charge in [0.15, 0.2) is 0 Å². The first-order valence-corrected chi connectivity index (χ1v) is 10.2. The lowest BCUT2D eigenvalue weighted by Gasteiger charge is -2.37. The van der Waals surface area contributed by atoms with Crippen LogP contribution >= 0.6 is 11.6 Å². The maximum Gasteiger partial charge on any atom is 0.241 e. The van der Waals surface area contributed by atoms with Crippen LogP contribution in [-0.2, 0) is 16.1 Å². The van der Waals surface area contributed by atoms with E-state index in [2.05, 4.69) is 20.4 Å². The van der Waals surface area contributed by atoms with Crippen LogP contribution in [0.3, 0.4) is 0 Å². The first-order chi connectivity index (χ1) is 14.0. The first kappa shape index (κ1) is 21.3. The van der Waals surface area contributed by atoms with Crippen LogP contribution in [0.1, 0.15) is 12.5 Å². The lowest BCUT2D eigenvalue weighted by molar-refractivity contribution is -0.124. The molecule has 2 aromatic carbocycles. The minimum absolute atomic E-state index is 0.0202. The van der Waals surface area contributed by atoms with Crippen LogP contribution in [0.25, 0.3) is 0 Å². The number of halogens is 1. The second-order valence-corrected chi connectivity index (χ2v) is 7.63. The summed E-state index contributed by atoms with van der Waals surface area (Å²) in [6.45, 7) is 5.80. The molecule has 1 aliphatic rings. The summed E-state index contributed by atoms with van der Waals surface area (Å²) >= 11 is 6.12. The molecule has 2 amide bonds. The predicted molar refractivity (Wildman–Crippen MR) is 116 cm³/mol. The van der Waals surface area contributed by atoms with Crippen molar-refractivity contribution >= 4 is 29.1 Å². The van der Waals surface area contributed by atoms with Gasteiger partial charge < -0.3 is 10.6 Å². The van der Waals surface area contributed by atoms with Crippen molar-refractivity contribution in [2.75, 3.05) is 38.0 Å². The zero-order valence-corrected chi connectivity index (χ0v) is 17.4. The van der Waals surface area contributed by atoms with Gasteiger partial charge in [0, 0.05) is 32.7 Å². The molecular weight excluding hydrogens is 388 g/mol. The number of piperazine rings is 1. The van der Waals surface area contributed by atoms with Crippen LogP contribution in [0.2, 0.25) is 5.02 Å². The molecule has 0 aromatic heterocycles. The summed E-state index contributed by atoms with van der Waals surface area (Å²) in [5, 5.41) is 6.38. The molecule has 0 spiro atoms. The minimum atomic E-state index is -0.264. The van der Waals surface area contributed by atoms with Gasteiger partial charge in [-0.25, -0.2) is 0 Å². The fraction of sp³-hybridized carbons (Fsp3) is 0.364. The Bertz CT molecular complexity index is 823. The van der Waals surface area contributed by atoms with Crippen LogP contribution in [-0.4, -0.2) is 60.4 Å². The van der Waals surface area contributed by atoms with Gasteiger partial charge in [0.25, 0.3) is 0 Å². The van der Waals surface area contributed by atoms with Crippen molar-refractivity contribution in [3.8, 4) is 0 Å². The Balaban J connectivity index is 1.40. The smallest absolute Gasteiger partial charge is 0.241 e. The van der Waals surface area contributed by atoms with Gasteiger partial charge in [-0.05, 0) is 24.6 Å². The van der Waals surface area contributed by atoms with E-state index < -0.39 is 0 Å². The van der Waals surface area contributed by atoms with Gasteiger partial charge >= 0.3 is 0 Å². The molecule has 0 bridgehead atoms. The number of rotatable bonds is 7. The van der Waals surface area contributed by atoms with E-state index >= 15 is 0 Å². The molecule has 6 nitrogen and oxygen atoms in total. The maximum absolute atomic E-state index is 12.6. The summed E-state index contributed by atoms with van der Waals surface area (Å²) in [4.78, 5) is 29.0. The van der Waals surface area contributed by atoms with E-state index in [-0.39, 0.29) is 17.9 Å². The van der Waals surface area contributed by atoms with Gasteiger partial charge in [0.1, 0.15) is 0 Å². The molecule has 0 aliphatic carbocycles. The molecule has 7 heteroatoms. The highest BCUT2D eigenvalue weighted by Gasteiger charge is 2.26. The number of nitrogens with one attached hydrogen (secondary N) is 2. The Hall–Kier alpha value is -2.41. The van der Waals surface area contributed by atoms with E-state index in [9.17, 15) is 9.59 Å². The Kier molecular flexibility index (Phi) is 7.63. The SMILES string of the molecule is CC(C(=O)Nc1ccccc1Cl)N1CCN(CC(=O)NCc2ccccc2)CC1. The number of amides is 2. The van der Waals surface area contributed by atoms with E-state index in [0.717, 1.165) is 31.7 Å². The van der Waals surface area contributed by atoms with Gasteiger partial charge in [-0.15, -0.1) is 0 Å². The Morgan fingerprint density at radius 3 is 2.34 bits per heavy atom. The van der Waals surface area contributed by atoms with Crippen LogP contribution in [0.5, 0.6) is 0 Å². The third-order valence-electron chi connectivity index (χ3n) is 5.17. The first-order valence-electron chi connectivity index (χ1n) is 9.85. The van der Waals surface area contributed by atoms with Crippen LogP contribution < -0.4 is 10.6 Å². The topological polar surface area (TPSA) is 64.7 Å². The van der Waals surface area contributed by atoms with E-state index in [4.69, 9.17) is 11.6 Å². The summed E-state index contributed by atoms with van der Waals surface area (Å²) in [6, 6.07) is 16.8. The van der Waals surface area contributed by atoms with Gasteiger partial charge in [-0.2, -0.15) is 0 Å². The molecule has 154 valence electrons. The van der Waals surface area contributed by atoms with Gasteiger partial charge in [-0.1, -0.05) is 54.1 Å². The monoisotopic (exact) mass is 414 g/mol. The summed E-state index contributed by atoms with van der Waals surface area (Å²) in [6.07, 6.45) is 0. The lowest BCUT2D eigenvalue weighted by atomic mass is 10.2. The number of para-hydroxylation sites is 1. The number of anilines is 1. The van der Waals surface area contributed by atoms with Crippen LogP contribution in [0, 0.1) is 0 Å². The highest BCUT2D eigenvalue weighted by atomic mass is 35.5. The van der Waals surface area contributed by atoms with Crippen molar-refractivity contribution in [1.29, 1.82) is 0 Å². The summed E-state index contributed by atoms with van der Waals surface area (Å²) < 4.78 is 0. The Morgan fingerprint density at radius 1 is 1.00 bits per heavy atom. The van der Waals surface area contributed by atoms with Crippen molar-refractivity contribution < 1.29 is 9.59 Å². The normalized spacial score (nSPS) is 16.2. The second-order valence-electron chi connectivity index (χ2n) is 7.22. The average Bonchev–Trinajstić information content (AvgIpc) is 2.74. The fourth-order valence-electron chi connectivity index (χ4n) is 3.33. The molecule has 1 aliphatic heterocycles. The second kappa shape index (κ2) is 10.4. The Labute approximate surface area is 176 Å². The minimum Gasteiger partial charge on any atom is -0.351 e. The Morgan fingerprint density at radius 2 is 1.66 bits per heavy atom. The van der Waals surface area contributed by atoms with Crippen molar-refractivity contribution in [2.24, 2.45) is 0 Å².